The molecule has 21 aliphatic rings. The highest BCUT2D eigenvalue weighted by Crippen LogP contribution is 3.05. The molecule has 0 heterocycles. The van der Waals surface area contributed by atoms with E-state index in [-0.39, 0.29) is 22.2 Å². The minimum Gasteiger partial charge on any atom is -0.469 e. The Kier molecular flexibility index (Phi) is 4.48. The lowest BCUT2D eigenvalue weighted by Gasteiger charge is -2.70. The van der Waals surface area contributed by atoms with Crippen molar-refractivity contribution >= 4 is 5.97 Å². The fraction of sp³-hybridized carbons (Fsp3) is 0.656. The van der Waals surface area contributed by atoms with E-state index >= 15 is 0 Å². The maximum Gasteiger partial charge on any atom is 0.305 e. The first-order valence-electron chi connectivity index (χ1n) is 27.2. The minimum atomic E-state index is -0.00144. The molecule has 33 atom stereocenters. The van der Waals surface area contributed by atoms with Crippen molar-refractivity contribution in [3.05, 3.63) is 118 Å². The van der Waals surface area contributed by atoms with Crippen LogP contribution in [0.25, 0.3) is 0 Å². The lowest BCUT2D eigenvalue weighted by molar-refractivity contribution is -0.221. The average molecular weight is 823 g/mol. The summed E-state index contributed by atoms with van der Waals surface area (Å²) < 4.78 is 5.47. The summed E-state index contributed by atoms with van der Waals surface area (Å²) in [6.07, 6.45) is 30.7. The molecule has 0 saturated heterocycles. The molecule has 0 aliphatic heterocycles. The number of methoxy groups -OCH3 is 1. The molecular formula is C61H58O2. The number of fused-ring (bicyclic) bond motifs is 2. The van der Waals surface area contributed by atoms with Crippen molar-refractivity contribution < 1.29 is 9.53 Å². The number of ether oxygens (including phenoxy) is 1. The van der Waals surface area contributed by atoms with Gasteiger partial charge in [-0.25, -0.2) is 0 Å². The number of hydrogen-bond donors (Lipinski definition) is 0. The standard InChI is InChI=1S/C61H58O2/c1-63-33(62)8-5-15-59(26-6-3-2-4-7-26)60-32-14-13-31-28-10-9-21-16-22-17-24-18-23-19-25-20-30-27-11-12-29(32)41-39(27)47-40(30)45-37(25)36(23)44-38(24)43-35(22)34(21)46-42(28)58(61(31,59)60)56-54-51(46)49(43)48(44)50(45)52(54)53(47)55(56)57(41)60/h2-4,6-7,9-14,17-18,21,24-25,27,30-31,34-41,43-58H,5,8,15-16,19-20H2,1H3. The summed E-state index contributed by atoms with van der Waals surface area (Å²) >= 11 is 0. The third kappa shape index (κ3) is 2.43. The third-order valence-corrected chi connectivity index (χ3v) is 28.9. The molecule has 14 fully saturated rings. The summed E-state index contributed by atoms with van der Waals surface area (Å²) in [5.41, 5.74) is 13.8. The van der Waals surface area contributed by atoms with Gasteiger partial charge in [-0.2, -0.15) is 0 Å². The van der Waals surface area contributed by atoms with Gasteiger partial charge >= 0.3 is 5.97 Å². The number of carbonyl (C=O) groups is 1. The van der Waals surface area contributed by atoms with Crippen molar-refractivity contribution in [3.8, 4) is 0 Å². The van der Waals surface area contributed by atoms with Gasteiger partial charge in [0.2, 0.25) is 0 Å². The van der Waals surface area contributed by atoms with E-state index in [4.69, 9.17) is 4.74 Å². The molecule has 33 unspecified atom stereocenters. The normalized spacial score (nSPS) is 69.2. The van der Waals surface area contributed by atoms with Gasteiger partial charge in [-0.3, -0.25) is 4.79 Å². The Bertz CT molecular complexity index is 2870. The summed E-state index contributed by atoms with van der Waals surface area (Å²) in [6.45, 7) is 0. The summed E-state index contributed by atoms with van der Waals surface area (Å²) in [5, 5.41) is 0. The van der Waals surface area contributed by atoms with Crippen molar-refractivity contribution in [2.24, 2.45) is 188 Å². The Labute approximate surface area is 371 Å². The molecule has 1 aromatic rings. The molecule has 2 heteroatoms. The largest absolute Gasteiger partial charge is 0.469 e. The summed E-state index contributed by atoms with van der Waals surface area (Å²) in [6, 6.07) is 12.4. The molecule has 22 rings (SSSR count). The number of rotatable bonds is 5. The Morgan fingerprint density at radius 1 is 0.667 bits per heavy atom. The number of esters is 1. The van der Waals surface area contributed by atoms with E-state index < -0.39 is 0 Å². The van der Waals surface area contributed by atoms with Crippen molar-refractivity contribution in [2.45, 2.75) is 43.9 Å². The van der Waals surface area contributed by atoms with Gasteiger partial charge in [0.05, 0.1) is 7.11 Å². The maximum absolute atomic E-state index is 13.3. The van der Waals surface area contributed by atoms with E-state index in [0.717, 1.165) is 184 Å². The second kappa shape index (κ2) is 8.90. The zero-order chi connectivity index (χ0) is 39.6. The van der Waals surface area contributed by atoms with Crippen molar-refractivity contribution in [3.63, 3.8) is 0 Å². The lowest BCUT2D eigenvalue weighted by atomic mass is 9.34. The summed E-state index contributed by atoms with van der Waals surface area (Å²) in [5.74, 6) is 27.3. The van der Waals surface area contributed by atoms with Gasteiger partial charge in [0.1, 0.15) is 0 Å². The predicted octanol–water partition coefficient (Wildman–Crippen LogP) is 10.3. The Morgan fingerprint density at radius 3 is 2.27 bits per heavy atom. The second-order valence-corrected chi connectivity index (χ2v) is 27.6. The van der Waals surface area contributed by atoms with Crippen LogP contribution in [0.5, 0.6) is 0 Å². The molecule has 2 spiro atoms. The minimum absolute atomic E-state index is 0.00144. The third-order valence-electron chi connectivity index (χ3n) is 28.9. The number of allylic oxidation sites excluding steroid dienone is 14. The second-order valence-electron chi connectivity index (χ2n) is 27.6. The van der Waals surface area contributed by atoms with Crippen molar-refractivity contribution in [1.82, 2.24) is 0 Å². The topological polar surface area (TPSA) is 26.3 Å². The van der Waals surface area contributed by atoms with Crippen LogP contribution in [0.4, 0.5) is 0 Å². The molecular weight excluding hydrogens is 765 g/mol. The predicted molar refractivity (Wildman–Crippen MR) is 235 cm³/mol. The maximum atomic E-state index is 13.3. The molecule has 314 valence electrons. The molecule has 0 bridgehead atoms. The van der Waals surface area contributed by atoms with Gasteiger partial charge < -0.3 is 4.74 Å². The zero-order valence-corrected chi connectivity index (χ0v) is 36.4. The monoisotopic (exact) mass is 822 g/mol. The Morgan fingerprint density at radius 2 is 1.40 bits per heavy atom. The van der Waals surface area contributed by atoms with Crippen LogP contribution in [0.15, 0.2) is 112 Å². The van der Waals surface area contributed by atoms with E-state index in [2.05, 4.69) is 84.5 Å². The molecule has 63 heavy (non-hydrogen) atoms. The molecule has 21 aliphatic carbocycles. The quantitative estimate of drug-likeness (QED) is 0.219. The van der Waals surface area contributed by atoms with E-state index in [1.54, 1.807) is 19.1 Å². The van der Waals surface area contributed by atoms with Crippen LogP contribution >= 0.6 is 0 Å². The zero-order valence-electron chi connectivity index (χ0n) is 36.4. The van der Waals surface area contributed by atoms with Crippen molar-refractivity contribution in [2.75, 3.05) is 7.11 Å². The molecule has 0 amide bonds. The van der Waals surface area contributed by atoms with Crippen LogP contribution in [-0.2, 0) is 14.9 Å². The van der Waals surface area contributed by atoms with Gasteiger partial charge in [-0.05, 0) is 226 Å². The van der Waals surface area contributed by atoms with Gasteiger partial charge in [-0.1, -0.05) is 95.7 Å². The van der Waals surface area contributed by atoms with Crippen LogP contribution in [0.3, 0.4) is 0 Å². The smallest absolute Gasteiger partial charge is 0.305 e. The number of carbonyl (C=O) groups excluding carboxylic acids is 1. The first-order valence-corrected chi connectivity index (χ1v) is 27.2. The van der Waals surface area contributed by atoms with Crippen LogP contribution in [0.1, 0.15) is 44.1 Å². The molecule has 2 nitrogen and oxygen atoms in total. The molecule has 0 radical (unpaired) electrons. The van der Waals surface area contributed by atoms with Crippen molar-refractivity contribution in [1.29, 1.82) is 0 Å². The fourth-order valence-electron chi connectivity index (χ4n) is 30.6. The average Bonchev–Trinajstić information content (AvgIpc) is 4.04. The molecule has 1 aromatic carbocycles. The van der Waals surface area contributed by atoms with Crippen LogP contribution in [-0.4, -0.2) is 13.1 Å². The van der Waals surface area contributed by atoms with Gasteiger partial charge in [-0.15, -0.1) is 0 Å². The first-order chi connectivity index (χ1) is 31.2. The van der Waals surface area contributed by atoms with E-state index in [0.29, 0.717) is 12.3 Å². The van der Waals surface area contributed by atoms with E-state index in [1.807, 2.05) is 27.9 Å². The van der Waals surface area contributed by atoms with Gasteiger partial charge in [0.15, 0.2) is 0 Å². The van der Waals surface area contributed by atoms with Crippen LogP contribution in [0.2, 0.25) is 0 Å². The lowest BCUT2D eigenvalue weighted by Crippen LogP contribution is -2.66. The SMILES string of the molecule is COC(=O)CCCC1(c2ccccc2)C23C4=C5C=CC6C7CC8CC9=CC%10C=C%11CC%12C=CC%13=C%14C%15C%12C%11C%11C%10C%10C9C8C8C7C7C6C5C2C2C7C5C8C%10C%11C%15C5C2C%14C13C%13C=C4. The van der Waals surface area contributed by atoms with Crippen LogP contribution < -0.4 is 0 Å². The molecule has 0 aromatic heterocycles. The fourth-order valence-corrected chi connectivity index (χ4v) is 30.6. The van der Waals surface area contributed by atoms with Crippen LogP contribution in [0, 0.1) is 188 Å². The Hall–Kier alpha value is -3.13. The van der Waals surface area contributed by atoms with E-state index in [9.17, 15) is 4.79 Å². The van der Waals surface area contributed by atoms with Gasteiger partial charge in [0, 0.05) is 28.6 Å². The first kappa shape index (κ1) is 31.7. The van der Waals surface area contributed by atoms with E-state index in [1.165, 1.54) is 12.8 Å². The highest BCUT2D eigenvalue weighted by molar-refractivity contribution is 5.75. The number of benzene rings is 1. The molecule has 0 N–H and O–H groups in total. The highest BCUT2D eigenvalue weighted by atomic mass is 16.5. The number of hydrogen-bond acceptors (Lipinski definition) is 2. The summed E-state index contributed by atoms with van der Waals surface area (Å²) in [4.78, 5) is 13.3. The Balaban J connectivity index is 0.914. The highest BCUT2D eigenvalue weighted by Gasteiger charge is 3.03. The summed E-state index contributed by atoms with van der Waals surface area (Å²) in [7, 11) is 1.62. The van der Waals surface area contributed by atoms with Gasteiger partial charge in [0.25, 0.3) is 0 Å². The molecule has 14 saturated carbocycles.